The highest BCUT2D eigenvalue weighted by atomic mass is 15.0. The molecule has 0 radical (unpaired) electrons. The Morgan fingerprint density at radius 1 is 1.39 bits per heavy atom. The quantitative estimate of drug-likeness (QED) is 0.895. The second-order valence-corrected chi connectivity index (χ2v) is 5.10. The normalized spacial score (nSPS) is 15.6. The number of nitrogens with two attached hydrogens (primary N) is 1. The van der Waals surface area contributed by atoms with Crippen molar-refractivity contribution < 1.29 is 0 Å². The Bertz CT molecular complexity index is 614. The fraction of sp³-hybridized carbons (Fsp3) is 0.400. The van der Waals surface area contributed by atoms with Gasteiger partial charge in [0.25, 0.3) is 0 Å². The molecule has 1 heterocycles. The third-order valence-electron chi connectivity index (χ3n) is 4.03. The van der Waals surface area contributed by atoms with Gasteiger partial charge < -0.3 is 10.3 Å². The molecule has 1 fully saturated rings. The number of rotatable bonds is 3. The van der Waals surface area contributed by atoms with Gasteiger partial charge in [0.05, 0.1) is 11.6 Å². The molecule has 18 heavy (non-hydrogen) atoms. The molecule has 0 saturated heterocycles. The molecular weight excluding hydrogens is 222 g/mol. The molecule has 1 aliphatic carbocycles. The van der Waals surface area contributed by atoms with Gasteiger partial charge in [-0.25, -0.2) is 0 Å². The van der Waals surface area contributed by atoms with Gasteiger partial charge in [-0.2, -0.15) is 5.26 Å². The van der Waals surface area contributed by atoms with Crippen LogP contribution in [0.25, 0.3) is 10.9 Å². The van der Waals surface area contributed by atoms with Crippen molar-refractivity contribution in [2.75, 3.05) is 0 Å². The number of hydrogen-bond acceptors (Lipinski definition) is 2. The highest BCUT2D eigenvalue weighted by Crippen LogP contribution is 2.31. The first-order valence-corrected chi connectivity index (χ1v) is 6.54. The zero-order valence-electron chi connectivity index (χ0n) is 10.4. The molecule has 0 spiro atoms. The SMILES string of the molecule is N#Cc1cccc2c1cc(CN)n2CC1CCC1. The van der Waals surface area contributed by atoms with Crippen molar-refractivity contribution >= 4 is 10.9 Å². The van der Waals surface area contributed by atoms with E-state index in [1.54, 1.807) is 0 Å². The fourth-order valence-corrected chi connectivity index (χ4v) is 2.76. The summed E-state index contributed by atoms with van der Waals surface area (Å²) in [5.41, 5.74) is 8.88. The van der Waals surface area contributed by atoms with Gasteiger partial charge in [-0.05, 0) is 37.0 Å². The number of hydrogen-bond donors (Lipinski definition) is 1. The molecule has 3 rings (SSSR count). The number of fused-ring (bicyclic) bond motifs is 1. The van der Waals surface area contributed by atoms with Crippen LogP contribution in [0.15, 0.2) is 24.3 Å². The van der Waals surface area contributed by atoms with E-state index in [0.717, 1.165) is 34.6 Å². The number of nitrogens with zero attached hydrogens (tertiary/aromatic N) is 2. The van der Waals surface area contributed by atoms with E-state index in [0.29, 0.717) is 6.54 Å². The molecule has 1 saturated carbocycles. The molecule has 0 unspecified atom stereocenters. The van der Waals surface area contributed by atoms with E-state index in [1.807, 2.05) is 12.1 Å². The predicted octanol–water partition coefficient (Wildman–Crippen LogP) is 2.77. The average molecular weight is 239 g/mol. The summed E-state index contributed by atoms with van der Waals surface area (Å²) in [5, 5.41) is 10.2. The zero-order chi connectivity index (χ0) is 12.5. The summed E-state index contributed by atoms with van der Waals surface area (Å²) in [6.07, 6.45) is 3.99. The lowest BCUT2D eigenvalue weighted by molar-refractivity contribution is 0.277. The van der Waals surface area contributed by atoms with Crippen molar-refractivity contribution in [3.05, 3.63) is 35.5 Å². The second kappa shape index (κ2) is 4.47. The van der Waals surface area contributed by atoms with E-state index >= 15 is 0 Å². The third kappa shape index (κ3) is 1.70. The lowest BCUT2D eigenvalue weighted by atomic mass is 9.85. The van der Waals surface area contributed by atoms with Gasteiger partial charge in [-0.15, -0.1) is 0 Å². The Balaban J connectivity index is 2.12. The lowest BCUT2D eigenvalue weighted by Gasteiger charge is -2.27. The molecule has 3 heteroatoms. The Morgan fingerprint density at radius 2 is 2.22 bits per heavy atom. The van der Waals surface area contributed by atoms with Gasteiger partial charge in [0.15, 0.2) is 0 Å². The topological polar surface area (TPSA) is 54.7 Å². The molecule has 2 aromatic rings. The van der Waals surface area contributed by atoms with Crippen molar-refractivity contribution in [2.45, 2.75) is 32.4 Å². The molecule has 2 N–H and O–H groups in total. The van der Waals surface area contributed by atoms with E-state index in [1.165, 1.54) is 19.3 Å². The van der Waals surface area contributed by atoms with E-state index in [9.17, 15) is 0 Å². The van der Waals surface area contributed by atoms with Crippen molar-refractivity contribution in [1.82, 2.24) is 4.57 Å². The van der Waals surface area contributed by atoms with Crippen LogP contribution in [0.5, 0.6) is 0 Å². The van der Waals surface area contributed by atoms with Crippen LogP contribution >= 0.6 is 0 Å². The van der Waals surface area contributed by atoms with Gasteiger partial charge >= 0.3 is 0 Å². The third-order valence-corrected chi connectivity index (χ3v) is 4.03. The average Bonchev–Trinajstić information content (AvgIpc) is 2.71. The first kappa shape index (κ1) is 11.3. The lowest BCUT2D eigenvalue weighted by Crippen LogP contribution is -2.20. The van der Waals surface area contributed by atoms with Crippen LogP contribution in [0.3, 0.4) is 0 Å². The van der Waals surface area contributed by atoms with Crippen LogP contribution in [-0.4, -0.2) is 4.57 Å². The Hall–Kier alpha value is -1.79. The Kier molecular flexibility index (Phi) is 2.81. The molecule has 1 aromatic carbocycles. The summed E-state index contributed by atoms with van der Waals surface area (Å²) < 4.78 is 2.31. The number of nitriles is 1. The maximum absolute atomic E-state index is 9.16. The molecule has 3 nitrogen and oxygen atoms in total. The van der Waals surface area contributed by atoms with Crippen LogP contribution in [-0.2, 0) is 13.1 Å². The summed E-state index contributed by atoms with van der Waals surface area (Å²) in [6.45, 7) is 1.58. The molecule has 0 bridgehead atoms. The Morgan fingerprint density at radius 3 is 2.83 bits per heavy atom. The van der Waals surface area contributed by atoms with Crippen LogP contribution in [0.1, 0.15) is 30.5 Å². The highest BCUT2D eigenvalue weighted by molar-refractivity contribution is 5.87. The number of benzene rings is 1. The first-order chi connectivity index (χ1) is 8.83. The van der Waals surface area contributed by atoms with E-state index in [2.05, 4.69) is 22.8 Å². The summed E-state index contributed by atoms with van der Waals surface area (Å²) in [6, 6.07) is 10.3. The zero-order valence-corrected chi connectivity index (χ0v) is 10.4. The van der Waals surface area contributed by atoms with E-state index in [-0.39, 0.29) is 0 Å². The fourth-order valence-electron chi connectivity index (χ4n) is 2.76. The maximum atomic E-state index is 9.16. The van der Waals surface area contributed by atoms with Gasteiger partial charge in [0, 0.05) is 29.7 Å². The summed E-state index contributed by atoms with van der Waals surface area (Å²) in [5.74, 6) is 0.789. The molecule has 1 aliphatic rings. The Labute approximate surface area is 107 Å². The highest BCUT2D eigenvalue weighted by Gasteiger charge is 2.20. The minimum absolute atomic E-state index is 0.534. The minimum atomic E-state index is 0.534. The van der Waals surface area contributed by atoms with Crippen molar-refractivity contribution in [1.29, 1.82) is 5.26 Å². The molecule has 1 aromatic heterocycles. The molecule has 0 amide bonds. The van der Waals surface area contributed by atoms with Crippen LogP contribution in [0.2, 0.25) is 0 Å². The predicted molar refractivity (Wildman–Crippen MR) is 71.9 cm³/mol. The van der Waals surface area contributed by atoms with Gasteiger partial charge in [0.1, 0.15) is 0 Å². The van der Waals surface area contributed by atoms with Crippen LogP contribution in [0.4, 0.5) is 0 Å². The largest absolute Gasteiger partial charge is 0.343 e. The van der Waals surface area contributed by atoms with Crippen molar-refractivity contribution in [2.24, 2.45) is 11.7 Å². The number of aromatic nitrogens is 1. The molecule has 0 atom stereocenters. The van der Waals surface area contributed by atoms with Crippen molar-refractivity contribution in [3.63, 3.8) is 0 Å². The molecule has 92 valence electrons. The summed E-state index contributed by atoms with van der Waals surface area (Å²) in [7, 11) is 0. The van der Waals surface area contributed by atoms with E-state index < -0.39 is 0 Å². The van der Waals surface area contributed by atoms with Crippen molar-refractivity contribution in [3.8, 4) is 6.07 Å². The monoisotopic (exact) mass is 239 g/mol. The standard InChI is InChI=1S/C15H17N3/c16-8-12-5-2-6-15-14(12)7-13(9-17)18(15)10-11-3-1-4-11/h2,5-7,11H,1,3-4,9-10,17H2. The summed E-state index contributed by atoms with van der Waals surface area (Å²) >= 11 is 0. The first-order valence-electron chi connectivity index (χ1n) is 6.54. The molecular formula is C15H17N3. The van der Waals surface area contributed by atoms with Crippen LogP contribution < -0.4 is 5.73 Å². The van der Waals surface area contributed by atoms with Crippen LogP contribution in [0, 0.1) is 17.2 Å². The second-order valence-electron chi connectivity index (χ2n) is 5.10. The van der Waals surface area contributed by atoms with Gasteiger partial charge in [-0.1, -0.05) is 12.5 Å². The minimum Gasteiger partial charge on any atom is -0.343 e. The molecule has 0 aliphatic heterocycles. The van der Waals surface area contributed by atoms with Gasteiger partial charge in [-0.3, -0.25) is 0 Å². The maximum Gasteiger partial charge on any atom is 0.0998 e. The van der Waals surface area contributed by atoms with E-state index in [4.69, 9.17) is 11.0 Å². The van der Waals surface area contributed by atoms with Gasteiger partial charge in [0.2, 0.25) is 0 Å². The summed E-state index contributed by atoms with van der Waals surface area (Å²) in [4.78, 5) is 0. The smallest absolute Gasteiger partial charge is 0.0998 e.